The Kier molecular flexibility index (Phi) is 2.98. The van der Waals surface area contributed by atoms with Crippen molar-refractivity contribution >= 4 is 15.4 Å². The molecule has 1 rings (SSSR count). The van der Waals surface area contributed by atoms with Crippen molar-refractivity contribution in [2.45, 2.75) is 6.92 Å². The predicted molar refractivity (Wildman–Crippen MR) is 50.9 cm³/mol. The van der Waals surface area contributed by atoms with Gasteiger partial charge in [0.1, 0.15) is 0 Å². The Morgan fingerprint density at radius 1 is 1.69 bits per heavy atom. The van der Waals surface area contributed by atoms with E-state index in [0.29, 0.717) is 11.4 Å². The summed E-state index contributed by atoms with van der Waals surface area (Å²) in [6, 6.07) is 2.70. The lowest BCUT2D eigenvalue weighted by molar-refractivity contribution is 0.584. The molecular formula is C8H11FN2OS. The molecule has 0 fully saturated rings. The standard InChI is InChI=1S/C8H11FN2OS/c1-3-13(2,12)11-7-4-5-10-8(9)6-7/h4-6H,3H2,1-2H3/t13-/m1/s1. The maximum atomic E-state index is 12.6. The highest BCUT2D eigenvalue weighted by molar-refractivity contribution is 7.93. The second kappa shape index (κ2) is 3.83. The normalized spacial score (nSPS) is 15.0. The van der Waals surface area contributed by atoms with Gasteiger partial charge in [0.05, 0.1) is 5.69 Å². The summed E-state index contributed by atoms with van der Waals surface area (Å²) < 4.78 is 28.0. The molecule has 0 radical (unpaired) electrons. The zero-order valence-electron chi connectivity index (χ0n) is 7.53. The summed E-state index contributed by atoms with van der Waals surface area (Å²) in [5.41, 5.74) is 0.377. The summed E-state index contributed by atoms with van der Waals surface area (Å²) in [6.07, 6.45) is 2.85. The molecule has 5 heteroatoms. The van der Waals surface area contributed by atoms with E-state index < -0.39 is 15.7 Å². The molecule has 0 N–H and O–H groups in total. The third-order valence-corrected chi connectivity index (χ3v) is 3.21. The topological polar surface area (TPSA) is 42.3 Å². The van der Waals surface area contributed by atoms with E-state index in [-0.39, 0.29) is 0 Å². The minimum absolute atomic E-state index is 0.377. The number of hydrogen-bond donors (Lipinski definition) is 0. The van der Waals surface area contributed by atoms with Crippen LogP contribution in [0.1, 0.15) is 6.92 Å². The zero-order chi connectivity index (χ0) is 9.90. The lowest BCUT2D eigenvalue weighted by Crippen LogP contribution is -1.97. The molecule has 0 aliphatic carbocycles. The van der Waals surface area contributed by atoms with Gasteiger partial charge >= 0.3 is 0 Å². The molecule has 0 aromatic carbocycles. The van der Waals surface area contributed by atoms with Gasteiger partial charge in [0.25, 0.3) is 0 Å². The first-order valence-electron chi connectivity index (χ1n) is 3.85. The first kappa shape index (κ1) is 10.1. The average Bonchev–Trinajstić information content (AvgIpc) is 2.03. The van der Waals surface area contributed by atoms with Gasteiger partial charge in [0.15, 0.2) is 0 Å². The lowest BCUT2D eigenvalue weighted by Gasteiger charge is -1.98. The van der Waals surface area contributed by atoms with E-state index >= 15 is 0 Å². The van der Waals surface area contributed by atoms with E-state index in [1.54, 1.807) is 13.2 Å². The van der Waals surface area contributed by atoms with Gasteiger partial charge in [-0.15, -0.1) is 0 Å². The molecular weight excluding hydrogens is 191 g/mol. The van der Waals surface area contributed by atoms with Gasteiger partial charge in [-0.3, -0.25) is 0 Å². The summed E-state index contributed by atoms with van der Waals surface area (Å²) >= 11 is 0. The Hall–Kier alpha value is -0.970. The van der Waals surface area contributed by atoms with Gasteiger partial charge in [-0.25, -0.2) is 9.19 Å². The van der Waals surface area contributed by atoms with Crippen LogP contribution >= 0.6 is 0 Å². The molecule has 0 saturated heterocycles. The molecule has 0 saturated carbocycles. The van der Waals surface area contributed by atoms with Crippen molar-refractivity contribution in [1.82, 2.24) is 4.98 Å². The minimum atomic E-state index is -2.21. The van der Waals surface area contributed by atoms with E-state index in [2.05, 4.69) is 9.35 Å². The number of pyridine rings is 1. The SMILES string of the molecule is CC[S@@](C)(=O)=Nc1ccnc(F)c1. The highest BCUT2D eigenvalue weighted by atomic mass is 32.2. The Bertz CT molecular complexity index is 410. The van der Waals surface area contributed by atoms with Gasteiger partial charge in [0, 0.05) is 34.0 Å². The summed E-state index contributed by atoms with van der Waals surface area (Å²) in [5, 5.41) is 0. The average molecular weight is 202 g/mol. The molecule has 0 unspecified atom stereocenters. The van der Waals surface area contributed by atoms with Crippen LogP contribution in [0.15, 0.2) is 22.7 Å². The number of hydrogen-bond acceptors (Lipinski definition) is 3. The molecule has 13 heavy (non-hydrogen) atoms. The van der Waals surface area contributed by atoms with Crippen LogP contribution < -0.4 is 0 Å². The second-order valence-electron chi connectivity index (χ2n) is 2.68. The van der Waals surface area contributed by atoms with Crippen molar-refractivity contribution < 1.29 is 8.60 Å². The van der Waals surface area contributed by atoms with E-state index in [0.717, 1.165) is 0 Å². The Balaban J connectivity index is 3.12. The molecule has 72 valence electrons. The van der Waals surface area contributed by atoms with Gasteiger partial charge in [-0.1, -0.05) is 6.92 Å². The van der Waals surface area contributed by atoms with Crippen molar-refractivity contribution in [2.24, 2.45) is 4.36 Å². The maximum Gasteiger partial charge on any atom is 0.214 e. The fraction of sp³-hybridized carbons (Fsp3) is 0.375. The fourth-order valence-corrected chi connectivity index (χ4v) is 1.43. The van der Waals surface area contributed by atoms with Gasteiger partial charge in [0.2, 0.25) is 5.95 Å². The molecule has 0 aliphatic heterocycles. The number of rotatable bonds is 2. The van der Waals surface area contributed by atoms with E-state index in [1.165, 1.54) is 18.3 Å². The van der Waals surface area contributed by atoms with Crippen molar-refractivity contribution in [3.8, 4) is 0 Å². The Labute approximate surface area is 77.2 Å². The third-order valence-electron chi connectivity index (χ3n) is 1.54. The number of aromatic nitrogens is 1. The van der Waals surface area contributed by atoms with Crippen molar-refractivity contribution in [3.63, 3.8) is 0 Å². The monoisotopic (exact) mass is 202 g/mol. The van der Waals surface area contributed by atoms with Crippen LogP contribution in [0.25, 0.3) is 0 Å². The molecule has 1 aromatic heterocycles. The van der Waals surface area contributed by atoms with E-state index in [9.17, 15) is 8.60 Å². The summed E-state index contributed by atoms with van der Waals surface area (Å²) in [5.74, 6) is -0.149. The van der Waals surface area contributed by atoms with E-state index in [4.69, 9.17) is 0 Å². The molecule has 0 bridgehead atoms. The van der Waals surface area contributed by atoms with Crippen molar-refractivity contribution in [1.29, 1.82) is 0 Å². The fourth-order valence-electron chi connectivity index (χ4n) is 0.737. The van der Waals surface area contributed by atoms with Crippen LogP contribution in [0.3, 0.4) is 0 Å². The highest BCUT2D eigenvalue weighted by Crippen LogP contribution is 2.13. The molecule has 0 spiro atoms. The molecule has 3 nitrogen and oxygen atoms in total. The van der Waals surface area contributed by atoms with Crippen molar-refractivity contribution in [3.05, 3.63) is 24.3 Å². The van der Waals surface area contributed by atoms with Crippen LogP contribution in [-0.2, 0) is 9.73 Å². The lowest BCUT2D eigenvalue weighted by atomic mass is 10.4. The number of nitrogens with zero attached hydrogens (tertiary/aromatic N) is 2. The second-order valence-corrected chi connectivity index (χ2v) is 5.35. The third kappa shape index (κ3) is 3.10. The summed E-state index contributed by atoms with van der Waals surface area (Å²) in [6.45, 7) is 1.78. The molecule has 1 atom stereocenters. The molecule has 1 heterocycles. The highest BCUT2D eigenvalue weighted by Gasteiger charge is 1.99. The van der Waals surface area contributed by atoms with Gasteiger partial charge < -0.3 is 0 Å². The maximum absolute atomic E-state index is 12.6. The van der Waals surface area contributed by atoms with Crippen LogP contribution in [0, 0.1) is 5.95 Å². The first-order chi connectivity index (χ1) is 6.03. The summed E-state index contributed by atoms with van der Waals surface area (Å²) in [4.78, 5) is 3.38. The van der Waals surface area contributed by atoms with Crippen molar-refractivity contribution in [2.75, 3.05) is 12.0 Å². The zero-order valence-corrected chi connectivity index (χ0v) is 8.34. The van der Waals surface area contributed by atoms with Crippen LogP contribution in [-0.4, -0.2) is 21.2 Å². The molecule has 0 aliphatic rings. The van der Waals surface area contributed by atoms with Crippen LogP contribution in [0.4, 0.5) is 10.1 Å². The Morgan fingerprint density at radius 3 is 2.92 bits per heavy atom. The number of halogens is 1. The van der Waals surface area contributed by atoms with Gasteiger partial charge in [-0.05, 0) is 6.07 Å². The quantitative estimate of drug-likeness (QED) is 0.688. The smallest absolute Gasteiger partial charge is 0.214 e. The Morgan fingerprint density at radius 2 is 2.38 bits per heavy atom. The van der Waals surface area contributed by atoms with E-state index in [1.807, 2.05) is 0 Å². The van der Waals surface area contributed by atoms with Crippen LogP contribution in [0.2, 0.25) is 0 Å². The van der Waals surface area contributed by atoms with Gasteiger partial charge in [-0.2, -0.15) is 8.75 Å². The molecule has 0 amide bonds. The van der Waals surface area contributed by atoms with Crippen LogP contribution in [0.5, 0.6) is 0 Å². The first-order valence-corrected chi connectivity index (χ1v) is 5.94. The predicted octanol–water partition coefficient (Wildman–Crippen LogP) is 1.97. The largest absolute Gasteiger partial charge is 0.250 e. The molecule has 1 aromatic rings. The minimum Gasteiger partial charge on any atom is -0.250 e. The summed E-state index contributed by atoms with van der Waals surface area (Å²) in [7, 11) is -2.21.